The van der Waals surface area contributed by atoms with Crippen molar-refractivity contribution < 1.29 is 5.11 Å². The van der Waals surface area contributed by atoms with E-state index in [9.17, 15) is 0 Å². The van der Waals surface area contributed by atoms with Crippen LogP contribution in [-0.4, -0.2) is 17.8 Å². The van der Waals surface area contributed by atoms with Crippen molar-refractivity contribution in [3.05, 3.63) is 0 Å². The molecule has 0 amide bonds. The fourth-order valence-corrected chi connectivity index (χ4v) is 2.31. The molecule has 1 aliphatic rings. The molecule has 0 saturated heterocycles. The van der Waals surface area contributed by atoms with Gasteiger partial charge in [0.15, 0.2) is 0 Å². The Morgan fingerprint density at radius 2 is 2.08 bits per heavy atom. The summed E-state index contributed by atoms with van der Waals surface area (Å²) in [5.41, 5.74) is 5.85. The van der Waals surface area contributed by atoms with Crippen molar-refractivity contribution in [2.24, 2.45) is 23.5 Å². The second-order valence-electron chi connectivity index (χ2n) is 4.41. The van der Waals surface area contributed by atoms with Gasteiger partial charge in [-0.3, -0.25) is 0 Å². The van der Waals surface area contributed by atoms with Crippen LogP contribution in [0, 0.1) is 17.8 Å². The SMILES string of the molecule is CC1CCC(C)C(C(N)CO)C1. The first-order valence-electron chi connectivity index (χ1n) is 5.01. The van der Waals surface area contributed by atoms with Gasteiger partial charge < -0.3 is 10.8 Å². The van der Waals surface area contributed by atoms with Gasteiger partial charge in [-0.15, -0.1) is 0 Å². The molecular formula is C10H21NO. The molecular weight excluding hydrogens is 150 g/mol. The summed E-state index contributed by atoms with van der Waals surface area (Å²) in [7, 11) is 0. The van der Waals surface area contributed by atoms with Gasteiger partial charge in [0.1, 0.15) is 0 Å². The normalized spacial score (nSPS) is 39.5. The lowest BCUT2D eigenvalue weighted by molar-refractivity contribution is 0.132. The Balaban J connectivity index is 2.48. The molecule has 0 aromatic rings. The quantitative estimate of drug-likeness (QED) is 0.659. The van der Waals surface area contributed by atoms with Crippen molar-refractivity contribution in [2.75, 3.05) is 6.61 Å². The van der Waals surface area contributed by atoms with Crippen molar-refractivity contribution >= 4 is 0 Å². The van der Waals surface area contributed by atoms with Gasteiger partial charge in [-0.25, -0.2) is 0 Å². The lowest BCUT2D eigenvalue weighted by atomic mass is 9.72. The van der Waals surface area contributed by atoms with Crippen LogP contribution >= 0.6 is 0 Å². The molecule has 0 aromatic heterocycles. The Bertz CT molecular complexity index is 134. The van der Waals surface area contributed by atoms with Crippen LogP contribution in [0.2, 0.25) is 0 Å². The van der Waals surface area contributed by atoms with E-state index in [1.807, 2.05) is 0 Å². The Labute approximate surface area is 75.2 Å². The summed E-state index contributed by atoms with van der Waals surface area (Å²) in [6, 6.07) is 0.00255. The molecule has 0 heterocycles. The van der Waals surface area contributed by atoms with Crippen molar-refractivity contribution in [3.8, 4) is 0 Å². The number of aliphatic hydroxyl groups excluding tert-OH is 1. The van der Waals surface area contributed by atoms with E-state index in [1.165, 1.54) is 19.3 Å². The zero-order valence-electron chi connectivity index (χ0n) is 8.16. The van der Waals surface area contributed by atoms with Crippen LogP contribution in [-0.2, 0) is 0 Å². The standard InChI is InChI=1S/C10H21NO/c1-7-3-4-8(2)9(5-7)10(11)6-12/h7-10,12H,3-6,11H2,1-2H3. The minimum Gasteiger partial charge on any atom is -0.395 e. The van der Waals surface area contributed by atoms with Crippen LogP contribution < -0.4 is 5.73 Å². The maximum absolute atomic E-state index is 8.97. The first-order valence-corrected chi connectivity index (χ1v) is 5.01. The second kappa shape index (κ2) is 4.24. The zero-order chi connectivity index (χ0) is 9.14. The first-order chi connectivity index (χ1) is 5.65. The van der Waals surface area contributed by atoms with Crippen LogP contribution in [0.5, 0.6) is 0 Å². The predicted octanol–water partition coefficient (Wildman–Crippen LogP) is 1.38. The van der Waals surface area contributed by atoms with Gasteiger partial charge in [0.05, 0.1) is 6.61 Å². The molecule has 1 aliphatic carbocycles. The topological polar surface area (TPSA) is 46.2 Å². The summed E-state index contributed by atoms with van der Waals surface area (Å²) in [5, 5.41) is 8.97. The minimum absolute atomic E-state index is 0.00255. The maximum Gasteiger partial charge on any atom is 0.0585 e. The molecule has 12 heavy (non-hydrogen) atoms. The third-order valence-electron chi connectivity index (χ3n) is 3.28. The molecule has 4 atom stereocenters. The Kier molecular flexibility index (Phi) is 3.53. The van der Waals surface area contributed by atoms with Crippen LogP contribution in [0.15, 0.2) is 0 Å². The maximum atomic E-state index is 8.97. The van der Waals surface area contributed by atoms with E-state index in [0.717, 1.165) is 5.92 Å². The van der Waals surface area contributed by atoms with Crippen LogP contribution in [0.25, 0.3) is 0 Å². The summed E-state index contributed by atoms with van der Waals surface area (Å²) >= 11 is 0. The molecule has 0 aliphatic heterocycles. The van der Waals surface area contributed by atoms with E-state index in [4.69, 9.17) is 10.8 Å². The van der Waals surface area contributed by atoms with E-state index in [0.29, 0.717) is 11.8 Å². The fraction of sp³-hybridized carbons (Fsp3) is 1.00. The average Bonchev–Trinajstić information content (AvgIpc) is 2.08. The highest BCUT2D eigenvalue weighted by Crippen LogP contribution is 2.34. The molecule has 2 heteroatoms. The van der Waals surface area contributed by atoms with Crippen molar-refractivity contribution in [2.45, 2.75) is 39.2 Å². The van der Waals surface area contributed by atoms with E-state index in [-0.39, 0.29) is 12.6 Å². The molecule has 72 valence electrons. The summed E-state index contributed by atoms with van der Waals surface area (Å²) < 4.78 is 0. The molecule has 1 fully saturated rings. The highest BCUT2D eigenvalue weighted by Gasteiger charge is 2.29. The third-order valence-corrected chi connectivity index (χ3v) is 3.28. The fourth-order valence-electron chi connectivity index (χ4n) is 2.31. The minimum atomic E-state index is 0.00255. The number of hydrogen-bond acceptors (Lipinski definition) is 2. The molecule has 0 bridgehead atoms. The van der Waals surface area contributed by atoms with E-state index < -0.39 is 0 Å². The summed E-state index contributed by atoms with van der Waals surface area (Å²) in [4.78, 5) is 0. The highest BCUT2D eigenvalue weighted by atomic mass is 16.3. The largest absolute Gasteiger partial charge is 0.395 e. The zero-order valence-corrected chi connectivity index (χ0v) is 8.16. The lowest BCUT2D eigenvalue weighted by Crippen LogP contribution is -2.40. The highest BCUT2D eigenvalue weighted by molar-refractivity contribution is 4.82. The van der Waals surface area contributed by atoms with Crippen LogP contribution in [0.1, 0.15) is 33.1 Å². The molecule has 2 nitrogen and oxygen atoms in total. The van der Waals surface area contributed by atoms with Gasteiger partial charge in [-0.05, 0) is 24.2 Å². The Morgan fingerprint density at radius 3 is 2.67 bits per heavy atom. The lowest BCUT2D eigenvalue weighted by Gasteiger charge is -2.35. The summed E-state index contributed by atoms with van der Waals surface area (Å²) in [6.07, 6.45) is 3.80. The molecule has 0 radical (unpaired) electrons. The molecule has 0 aromatic carbocycles. The third kappa shape index (κ3) is 2.20. The van der Waals surface area contributed by atoms with E-state index in [1.54, 1.807) is 0 Å². The molecule has 1 rings (SSSR count). The number of rotatable bonds is 2. The van der Waals surface area contributed by atoms with Crippen LogP contribution in [0.4, 0.5) is 0 Å². The molecule has 0 spiro atoms. The van der Waals surface area contributed by atoms with Crippen molar-refractivity contribution in [3.63, 3.8) is 0 Å². The molecule has 1 saturated carbocycles. The monoisotopic (exact) mass is 171 g/mol. The van der Waals surface area contributed by atoms with Crippen molar-refractivity contribution in [1.29, 1.82) is 0 Å². The van der Waals surface area contributed by atoms with Gasteiger partial charge in [0.2, 0.25) is 0 Å². The van der Waals surface area contributed by atoms with E-state index in [2.05, 4.69) is 13.8 Å². The van der Waals surface area contributed by atoms with Crippen molar-refractivity contribution in [1.82, 2.24) is 0 Å². The summed E-state index contributed by atoms with van der Waals surface area (Å²) in [5.74, 6) is 2.03. The molecule has 4 unspecified atom stereocenters. The van der Waals surface area contributed by atoms with Gasteiger partial charge >= 0.3 is 0 Å². The summed E-state index contributed by atoms with van der Waals surface area (Å²) in [6.45, 7) is 4.68. The number of hydrogen-bond donors (Lipinski definition) is 2. The van der Waals surface area contributed by atoms with Gasteiger partial charge in [0, 0.05) is 6.04 Å². The Morgan fingerprint density at radius 1 is 1.42 bits per heavy atom. The van der Waals surface area contributed by atoms with Gasteiger partial charge in [0.25, 0.3) is 0 Å². The average molecular weight is 171 g/mol. The predicted molar refractivity (Wildman–Crippen MR) is 50.7 cm³/mol. The smallest absolute Gasteiger partial charge is 0.0585 e. The van der Waals surface area contributed by atoms with Gasteiger partial charge in [-0.1, -0.05) is 26.7 Å². The molecule has 3 N–H and O–H groups in total. The number of aliphatic hydroxyl groups is 1. The Hall–Kier alpha value is -0.0800. The van der Waals surface area contributed by atoms with Gasteiger partial charge in [-0.2, -0.15) is 0 Å². The second-order valence-corrected chi connectivity index (χ2v) is 4.41. The number of nitrogens with two attached hydrogens (primary N) is 1. The first kappa shape index (κ1) is 10.0. The van der Waals surface area contributed by atoms with Crippen LogP contribution in [0.3, 0.4) is 0 Å². The van der Waals surface area contributed by atoms with E-state index >= 15 is 0 Å².